The van der Waals surface area contributed by atoms with Crippen LogP contribution in [0, 0.1) is 0 Å². The summed E-state index contributed by atoms with van der Waals surface area (Å²) in [6, 6.07) is 21.5. The zero-order valence-corrected chi connectivity index (χ0v) is 17.0. The van der Waals surface area contributed by atoms with Gasteiger partial charge in [-0.05, 0) is 53.9 Å². The summed E-state index contributed by atoms with van der Waals surface area (Å²) in [5, 5.41) is 5.38. The molecule has 0 aliphatic carbocycles. The highest BCUT2D eigenvalue weighted by molar-refractivity contribution is 6.35. The van der Waals surface area contributed by atoms with Crippen molar-refractivity contribution >= 4 is 34.8 Å². The molecule has 3 aromatic carbocycles. The van der Waals surface area contributed by atoms with Crippen LogP contribution in [0.1, 0.15) is 16.7 Å². The predicted molar refractivity (Wildman–Crippen MR) is 114 cm³/mol. The van der Waals surface area contributed by atoms with Crippen LogP contribution in [0.2, 0.25) is 15.1 Å². The Morgan fingerprint density at radius 2 is 1.59 bits per heavy atom. The van der Waals surface area contributed by atoms with E-state index in [-0.39, 0.29) is 0 Å². The van der Waals surface area contributed by atoms with Gasteiger partial charge in [-0.3, -0.25) is 0 Å². The Morgan fingerprint density at radius 3 is 2.33 bits per heavy atom. The van der Waals surface area contributed by atoms with Crippen molar-refractivity contribution in [3.63, 3.8) is 0 Å². The maximum absolute atomic E-state index is 6.36. The van der Waals surface area contributed by atoms with Gasteiger partial charge >= 0.3 is 0 Å². The van der Waals surface area contributed by atoms with Crippen molar-refractivity contribution < 1.29 is 4.74 Å². The fourth-order valence-corrected chi connectivity index (χ4v) is 3.45. The molecule has 0 saturated carbocycles. The van der Waals surface area contributed by atoms with Gasteiger partial charge in [0.15, 0.2) is 0 Å². The summed E-state index contributed by atoms with van der Waals surface area (Å²) in [5.41, 5.74) is 3.30. The molecular formula is C22H20Cl3NO. The van der Waals surface area contributed by atoms with Crippen LogP contribution >= 0.6 is 34.8 Å². The zero-order chi connectivity index (χ0) is 19.1. The van der Waals surface area contributed by atoms with E-state index in [1.807, 2.05) is 60.7 Å². The molecule has 0 amide bonds. The smallest absolute Gasteiger partial charge is 0.138 e. The van der Waals surface area contributed by atoms with Crippen LogP contribution in [0.25, 0.3) is 0 Å². The molecule has 2 nitrogen and oxygen atoms in total. The summed E-state index contributed by atoms with van der Waals surface area (Å²) in [6.07, 6.45) is 0.835. The first kappa shape index (κ1) is 20.0. The first-order valence-electron chi connectivity index (χ1n) is 8.71. The van der Waals surface area contributed by atoms with Crippen molar-refractivity contribution in [2.24, 2.45) is 0 Å². The molecule has 0 atom stereocenters. The molecule has 1 N–H and O–H groups in total. The maximum Gasteiger partial charge on any atom is 0.138 e. The van der Waals surface area contributed by atoms with E-state index < -0.39 is 0 Å². The van der Waals surface area contributed by atoms with Gasteiger partial charge < -0.3 is 10.1 Å². The van der Waals surface area contributed by atoms with Gasteiger partial charge in [-0.15, -0.1) is 0 Å². The van der Waals surface area contributed by atoms with Gasteiger partial charge in [0.25, 0.3) is 0 Å². The minimum atomic E-state index is 0.500. The molecule has 0 aliphatic rings. The SMILES string of the molecule is Clc1ccc(CCNCc2ccc(OCc3ccccc3)c(Cl)c2)c(Cl)c1. The fraction of sp³-hybridized carbons (Fsp3) is 0.182. The van der Waals surface area contributed by atoms with E-state index in [1.165, 1.54) is 0 Å². The molecule has 0 spiro atoms. The molecule has 0 aromatic heterocycles. The molecule has 140 valence electrons. The van der Waals surface area contributed by atoms with Crippen molar-refractivity contribution in [1.29, 1.82) is 0 Å². The van der Waals surface area contributed by atoms with Gasteiger partial charge in [0.1, 0.15) is 12.4 Å². The molecule has 3 rings (SSSR count). The summed E-state index contributed by atoms with van der Waals surface area (Å²) in [6.45, 7) is 2.04. The molecule has 5 heteroatoms. The van der Waals surface area contributed by atoms with Crippen LogP contribution in [0.5, 0.6) is 5.75 Å². The van der Waals surface area contributed by atoms with Crippen molar-refractivity contribution in [3.8, 4) is 5.75 Å². The van der Waals surface area contributed by atoms with Crippen LogP contribution in [-0.4, -0.2) is 6.54 Å². The zero-order valence-electron chi connectivity index (χ0n) is 14.7. The topological polar surface area (TPSA) is 21.3 Å². The number of rotatable bonds is 8. The average molecular weight is 421 g/mol. The minimum Gasteiger partial charge on any atom is -0.487 e. The van der Waals surface area contributed by atoms with E-state index in [0.717, 1.165) is 36.2 Å². The second kappa shape index (κ2) is 10.0. The first-order valence-corrected chi connectivity index (χ1v) is 9.85. The number of ether oxygens (including phenoxy) is 1. The normalized spacial score (nSPS) is 10.8. The van der Waals surface area contributed by atoms with Crippen molar-refractivity contribution in [2.45, 2.75) is 19.6 Å². The van der Waals surface area contributed by atoms with Gasteiger partial charge in [-0.25, -0.2) is 0 Å². The Balaban J connectivity index is 1.47. The Hall–Kier alpha value is -1.71. The molecule has 0 bridgehead atoms. The predicted octanol–water partition coefficient (Wildman–Crippen LogP) is 6.56. The molecular weight excluding hydrogens is 401 g/mol. The van der Waals surface area contributed by atoms with Crippen LogP contribution in [0.4, 0.5) is 0 Å². The summed E-state index contributed by atoms with van der Waals surface area (Å²) >= 11 is 18.5. The monoisotopic (exact) mass is 419 g/mol. The molecule has 0 aliphatic heterocycles. The third-order valence-corrected chi connectivity index (χ3v) is 5.03. The van der Waals surface area contributed by atoms with E-state index in [0.29, 0.717) is 27.4 Å². The molecule has 0 radical (unpaired) electrons. The van der Waals surface area contributed by atoms with Gasteiger partial charge in [-0.1, -0.05) is 77.3 Å². The Kier molecular flexibility index (Phi) is 7.42. The van der Waals surface area contributed by atoms with E-state index in [2.05, 4.69) is 5.32 Å². The molecule has 3 aromatic rings. The summed E-state index contributed by atoms with van der Waals surface area (Å²) in [7, 11) is 0. The maximum atomic E-state index is 6.36. The third-order valence-electron chi connectivity index (χ3n) is 4.15. The Labute approximate surface area is 175 Å². The van der Waals surface area contributed by atoms with Gasteiger partial charge in [0.05, 0.1) is 5.02 Å². The quantitative estimate of drug-likeness (QED) is 0.417. The Morgan fingerprint density at radius 1 is 0.778 bits per heavy atom. The lowest BCUT2D eigenvalue weighted by atomic mass is 10.1. The average Bonchev–Trinajstić information content (AvgIpc) is 2.67. The Bertz CT molecular complexity index is 884. The van der Waals surface area contributed by atoms with Crippen LogP contribution in [-0.2, 0) is 19.6 Å². The van der Waals surface area contributed by atoms with Crippen molar-refractivity contribution in [3.05, 3.63) is 98.5 Å². The van der Waals surface area contributed by atoms with Gasteiger partial charge in [-0.2, -0.15) is 0 Å². The molecule has 27 heavy (non-hydrogen) atoms. The van der Waals surface area contributed by atoms with E-state index in [9.17, 15) is 0 Å². The lowest BCUT2D eigenvalue weighted by Gasteiger charge is -2.11. The number of halogens is 3. The highest BCUT2D eigenvalue weighted by atomic mass is 35.5. The van der Waals surface area contributed by atoms with Gasteiger partial charge in [0.2, 0.25) is 0 Å². The third kappa shape index (κ3) is 6.15. The lowest BCUT2D eigenvalue weighted by molar-refractivity contribution is 0.306. The minimum absolute atomic E-state index is 0.500. The summed E-state index contributed by atoms with van der Waals surface area (Å²) in [5.74, 6) is 0.692. The van der Waals surface area contributed by atoms with Crippen LogP contribution in [0.3, 0.4) is 0 Å². The van der Waals surface area contributed by atoms with Crippen molar-refractivity contribution in [2.75, 3.05) is 6.54 Å². The lowest BCUT2D eigenvalue weighted by Crippen LogP contribution is -2.16. The van der Waals surface area contributed by atoms with E-state index >= 15 is 0 Å². The fourth-order valence-electron chi connectivity index (χ4n) is 2.69. The molecule has 0 heterocycles. The molecule has 0 unspecified atom stereocenters. The molecule has 0 saturated heterocycles. The number of hydrogen-bond acceptors (Lipinski definition) is 2. The number of benzene rings is 3. The number of hydrogen-bond donors (Lipinski definition) is 1. The largest absolute Gasteiger partial charge is 0.487 e. The van der Waals surface area contributed by atoms with E-state index in [4.69, 9.17) is 39.5 Å². The van der Waals surface area contributed by atoms with E-state index in [1.54, 1.807) is 6.07 Å². The second-order valence-electron chi connectivity index (χ2n) is 6.20. The highest BCUT2D eigenvalue weighted by Crippen LogP contribution is 2.26. The highest BCUT2D eigenvalue weighted by Gasteiger charge is 2.05. The number of nitrogens with one attached hydrogen (secondary N) is 1. The molecule has 0 fully saturated rings. The van der Waals surface area contributed by atoms with Crippen LogP contribution < -0.4 is 10.1 Å². The summed E-state index contributed by atoms with van der Waals surface area (Å²) < 4.78 is 5.81. The first-order chi connectivity index (χ1) is 13.1. The van der Waals surface area contributed by atoms with Gasteiger partial charge in [0, 0.05) is 16.6 Å². The van der Waals surface area contributed by atoms with Crippen LogP contribution in [0.15, 0.2) is 66.7 Å². The summed E-state index contributed by atoms with van der Waals surface area (Å²) in [4.78, 5) is 0. The standard InChI is InChI=1S/C22H20Cl3NO/c23-19-8-7-18(20(24)13-19)10-11-26-14-17-6-9-22(21(25)12-17)27-15-16-4-2-1-3-5-16/h1-9,12-13,26H,10-11,14-15H2. The second-order valence-corrected chi connectivity index (χ2v) is 7.45. The van der Waals surface area contributed by atoms with Crippen molar-refractivity contribution in [1.82, 2.24) is 5.32 Å².